The van der Waals surface area contributed by atoms with Gasteiger partial charge in [-0.25, -0.2) is 4.39 Å². The van der Waals surface area contributed by atoms with Gasteiger partial charge in [-0.15, -0.1) is 0 Å². The minimum atomic E-state index is -1.04. The maximum Gasteiger partial charge on any atom is 0.238 e. The van der Waals surface area contributed by atoms with Crippen molar-refractivity contribution in [3.63, 3.8) is 0 Å². The lowest BCUT2D eigenvalue weighted by molar-refractivity contribution is -0.127. The third kappa shape index (κ3) is 2.33. The van der Waals surface area contributed by atoms with E-state index >= 15 is 0 Å². The van der Waals surface area contributed by atoms with Crippen molar-refractivity contribution < 1.29 is 14.4 Å². The van der Waals surface area contributed by atoms with Gasteiger partial charge in [-0.05, 0) is 43.4 Å². The molecule has 0 radical (unpaired) electrons. The number of amidine groups is 1. The summed E-state index contributed by atoms with van der Waals surface area (Å²) in [5.41, 5.74) is 5.55. The monoisotopic (exact) mass is 279 g/mol. The largest absolute Gasteiger partial charge is 0.409 e. The van der Waals surface area contributed by atoms with Crippen LogP contribution in [0, 0.1) is 24.1 Å². The molecule has 0 atom stereocenters. The molecule has 1 aliphatic carbocycles. The Kier molecular flexibility index (Phi) is 3.65. The molecule has 0 bridgehead atoms. The van der Waals surface area contributed by atoms with Crippen LogP contribution in [0.3, 0.4) is 0 Å². The Labute approximate surface area is 116 Å². The zero-order chi connectivity index (χ0) is 14.9. The van der Waals surface area contributed by atoms with Crippen LogP contribution in [-0.4, -0.2) is 17.0 Å². The number of halogens is 1. The molecular formula is C14H18FN3O2. The highest BCUT2D eigenvalue weighted by Crippen LogP contribution is 2.46. The van der Waals surface area contributed by atoms with E-state index < -0.39 is 17.1 Å². The van der Waals surface area contributed by atoms with Gasteiger partial charge in [-0.3, -0.25) is 4.79 Å². The van der Waals surface area contributed by atoms with Crippen molar-refractivity contribution in [2.45, 2.75) is 26.7 Å². The highest BCUT2D eigenvalue weighted by molar-refractivity contribution is 6.12. The first-order valence-electron chi connectivity index (χ1n) is 6.44. The number of hydrogen-bond acceptors (Lipinski definition) is 3. The van der Waals surface area contributed by atoms with Gasteiger partial charge in [0, 0.05) is 0 Å². The van der Waals surface area contributed by atoms with E-state index in [1.807, 2.05) is 6.92 Å². The first-order chi connectivity index (χ1) is 9.39. The van der Waals surface area contributed by atoms with Gasteiger partial charge >= 0.3 is 0 Å². The number of carbonyl (C=O) groups is 1. The number of amides is 1. The molecule has 6 heteroatoms. The Balaban J connectivity index is 2.24. The number of carbonyl (C=O) groups excluding carboxylic acids is 1. The maximum atomic E-state index is 13.7. The number of hydrogen-bond donors (Lipinski definition) is 3. The van der Waals surface area contributed by atoms with E-state index in [9.17, 15) is 9.18 Å². The normalized spacial score (nSPS) is 25.9. The summed E-state index contributed by atoms with van der Waals surface area (Å²) in [5, 5.41) is 14.3. The fourth-order valence-corrected chi connectivity index (χ4v) is 2.71. The van der Waals surface area contributed by atoms with Crippen molar-refractivity contribution in [2.75, 3.05) is 5.32 Å². The van der Waals surface area contributed by atoms with E-state index in [-0.39, 0.29) is 11.5 Å². The lowest BCUT2D eigenvalue weighted by Crippen LogP contribution is -2.54. The summed E-state index contributed by atoms with van der Waals surface area (Å²) in [6.07, 6.45) is 0.977. The van der Waals surface area contributed by atoms with Crippen molar-refractivity contribution >= 4 is 17.4 Å². The van der Waals surface area contributed by atoms with Gasteiger partial charge in [0.05, 0.1) is 5.69 Å². The maximum absolute atomic E-state index is 13.7. The van der Waals surface area contributed by atoms with Crippen LogP contribution in [0.15, 0.2) is 23.4 Å². The summed E-state index contributed by atoms with van der Waals surface area (Å²) in [4.78, 5) is 12.4. The van der Waals surface area contributed by atoms with Crippen LogP contribution in [0.1, 0.15) is 25.3 Å². The van der Waals surface area contributed by atoms with Gasteiger partial charge in [-0.1, -0.05) is 18.1 Å². The molecule has 2 rings (SSSR count). The fourth-order valence-electron chi connectivity index (χ4n) is 2.71. The van der Waals surface area contributed by atoms with Crippen molar-refractivity contribution in [2.24, 2.45) is 22.2 Å². The third-order valence-corrected chi connectivity index (χ3v) is 3.80. The average molecular weight is 279 g/mol. The number of nitrogens with two attached hydrogens (primary N) is 1. The second kappa shape index (κ2) is 5.11. The summed E-state index contributed by atoms with van der Waals surface area (Å²) < 4.78 is 13.7. The summed E-state index contributed by atoms with van der Waals surface area (Å²) in [7, 11) is 0. The molecule has 0 unspecified atom stereocenters. The van der Waals surface area contributed by atoms with Gasteiger partial charge < -0.3 is 16.3 Å². The molecule has 0 saturated heterocycles. The van der Waals surface area contributed by atoms with Crippen molar-refractivity contribution in [1.82, 2.24) is 0 Å². The minimum absolute atomic E-state index is 0.111. The zero-order valence-electron chi connectivity index (χ0n) is 11.5. The Morgan fingerprint density at radius 3 is 2.75 bits per heavy atom. The molecule has 4 N–H and O–H groups in total. The van der Waals surface area contributed by atoms with Gasteiger partial charge in [0.25, 0.3) is 0 Å². The van der Waals surface area contributed by atoms with Crippen LogP contribution in [0.2, 0.25) is 0 Å². The number of oxime groups is 1. The Morgan fingerprint density at radius 2 is 2.20 bits per heavy atom. The fraction of sp³-hybridized carbons (Fsp3) is 0.429. The van der Waals surface area contributed by atoms with Gasteiger partial charge in [-0.2, -0.15) is 0 Å². The SMILES string of the molecule is Cc1ccc(F)c(NC(=O)C2(/C(N)=N/O)CC(C)C2)c1. The van der Waals surface area contributed by atoms with Crippen LogP contribution < -0.4 is 11.1 Å². The van der Waals surface area contributed by atoms with Crippen molar-refractivity contribution in [1.29, 1.82) is 0 Å². The number of benzene rings is 1. The lowest BCUT2D eigenvalue weighted by atomic mass is 9.61. The molecule has 1 amide bonds. The molecule has 0 heterocycles. The topological polar surface area (TPSA) is 87.7 Å². The summed E-state index contributed by atoms with van der Waals surface area (Å²) in [6, 6.07) is 4.47. The molecule has 1 aromatic rings. The van der Waals surface area contributed by atoms with Gasteiger partial charge in [0.1, 0.15) is 11.2 Å². The second-order valence-corrected chi connectivity index (χ2v) is 5.52. The Bertz CT molecular complexity index is 566. The number of rotatable bonds is 3. The molecule has 0 spiro atoms. The quantitative estimate of drug-likeness (QED) is 0.343. The summed E-state index contributed by atoms with van der Waals surface area (Å²) >= 11 is 0. The molecular weight excluding hydrogens is 261 g/mol. The zero-order valence-corrected chi connectivity index (χ0v) is 11.5. The van der Waals surface area contributed by atoms with E-state index in [2.05, 4.69) is 10.5 Å². The van der Waals surface area contributed by atoms with Crippen molar-refractivity contribution in [3.05, 3.63) is 29.6 Å². The third-order valence-electron chi connectivity index (χ3n) is 3.80. The first-order valence-corrected chi connectivity index (χ1v) is 6.44. The predicted octanol–water partition coefficient (Wildman–Crippen LogP) is 2.24. The van der Waals surface area contributed by atoms with Crippen LogP contribution in [-0.2, 0) is 4.79 Å². The van der Waals surface area contributed by atoms with E-state index in [0.29, 0.717) is 18.8 Å². The Morgan fingerprint density at radius 1 is 1.55 bits per heavy atom. The standard InChI is InChI=1S/C14H18FN3O2/c1-8-3-4-10(15)11(5-8)17-13(19)14(12(16)18-20)6-9(2)7-14/h3-5,9,20H,6-7H2,1-2H3,(H2,16,18)(H,17,19). The number of nitrogens with one attached hydrogen (secondary N) is 1. The van der Waals surface area contributed by atoms with Crippen LogP contribution in [0.5, 0.6) is 0 Å². The molecule has 1 aromatic carbocycles. The molecule has 1 saturated carbocycles. The van der Waals surface area contributed by atoms with Crippen molar-refractivity contribution in [3.8, 4) is 0 Å². The summed E-state index contributed by atoms with van der Waals surface area (Å²) in [6.45, 7) is 3.78. The molecule has 20 heavy (non-hydrogen) atoms. The number of aryl methyl sites for hydroxylation is 1. The van der Waals surface area contributed by atoms with E-state index in [1.54, 1.807) is 19.1 Å². The van der Waals surface area contributed by atoms with E-state index in [1.165, 1.54) is 6.07 Å². The Hall–Kier alpha value is -2.11. The van der Waals surface area contributed by atoms with Crippen LogP contribution in [0.4, 0.5) is 10.1 Å². The van der Waals surface area contributed by atoms with Crippen LogP contribution >= 0.6 is 0 Å². The average Bonchev–Trinajstić information content (AvgIpc) is 2.38. The van der Waals surface area contributed by atoms with Gasteiger partial charge in [0.15, 0.2) is 5.84 Å². The molecule has 1 aliphatic rings. The second-order valence-electron chi connectivity index (χ2n) is 5.52. The molecule has 5 nitrogen and oxygen atoms in total. The minimum Gasteiger partial charge on any atom is -0.409 e. The molecule has 0 aliphatic heterocycles. The predicted molar refractivity (Wildman–Crippen MR) is 74.0 cm³/mol. The lowest BCUT2D eigenvalue weighted by Gasteiger charge is -2.43. The molecule has 0 aromatic heterocycles. The summed E-state index contributed by atoms with van der Waals surface area (Å²) in [5.74, 6) is -0.758. The van der Waals surface area contributed by atoms with Gasteiger partial charge in [0.2, 0.25) is 5.91 Å². The van der Waals surface area contributed by atoms with E-state index in [0.717, 1.165) is 5.56 Å². The molecule has 1 fully saturated rings. The van der Waals surface area contributed by atoms with Crippen LogP contribution in [0.25, 0.3) is 0 Å². The first kappa shape index (κ1) is 14.3. The highest BCUT2D eigenvalue weighted by Gasteiger charge is 2.52. The van der Waals surface area contributed by atoms with E-state index in [4.69, 9.17) is 10.9 Å². The smallest absolute Gasteiger partial charge is 0.238 e. The molecule has 108 valence electrons. The highest BCUT2D eigenvalue weighted by atomic mass is 19.1. The number of nitrogens with zero attached hydrogens (tertiary/aromatic N) is 1. The number of anilines is 1.